The summed E-state index contributed by atoms with van der Waals surface area (Å²) in [6, 6.07) is 52.2. The summed E-state index contributed by atoms with van der Waals surface area (Å²) in [6.45, 7) is 4.36. The van der Waals surface area contributed by atoms with Gasteiger partial charge in [0, 0.05) is 24.4 Å². The molecule has 9 rings (SSSR count). The summed E-state index contributed by atoms with van der Waals surface area (Å²) in [5, 5.41) is 6.34. The number of hydrogen-bond acceptors (Lipinski definition) is 4. The van der Waals surface area contributed by atoms with Crippen LogP contribution in [0.3, 0.4) is 0 Å². The standard InChI is InChI=1S/C53H44N4/c1-4-12-48(54-3)37-22-26-39(27-23-37)50-34-51(40-28-24-38(25-29-40)49-21-7-8-30-55-49)57-53(56-50)44-32-42(46-19-10-15-36-14-5-6-18-45(36)46)31-43(33-44)47-20-11-17-41-16-9-13-35(2)52(41)47/h4-12,14-35,50H,13H2,1-3H3,(H,56,57)/b12-4-,54-48?. The highest BCUT2D eigenvalue weighted by molar-refractivity contribution is 6.09. The number of benzene rings is 6. The molecular formula is C53H44N4. The van der Waals surface area contributed by atoms with Gasteiger partial charge in [0.1, 0.15) is 5.84 Å². The number of aromatic nitrogens is 1. The molecule has 57 heavy (non-hydrogen) atoms. The monoisotopic (exact) mass is 736 g/mol. The van der Waals surface area contributed by atoms with Crippen LogP contribution in [-0.2, 0) is 0 Å². The third-order valence-corrected chi connectivity index (χ3v) is 11.2. The van der Waals surface area contributed by atoms with E-state index < -0.39 is 0 Å². The van der Waals surface area contributed by atoms with Gasteiger partial charge in [-0.1, -0.05) is 140 Å². The molecule has 0 bridgehead atoms. The maximum Gasteiger partial charge on any atom is 0.134 e. The van der Waals surface area contributed by atoms with E-state index in [4.69, 9.17) is 4.99 Å². The molecular weight excluding hydrogens is 693 g/mol. The van der Waals surface area contributed by atoms with Crippen LogP contribution >= 0.6 is 0 Å². The van der Waals surface area contributed by atoms with Gasteiger partial charge in [-0.25, -0.2) is 4.99 Å². The van der Waals surface area contributed by atoms with Gasteiger partial charge in [-0.05, 0) is 123 Å². The fraction of sp³-hybridized carbons (Fsp3) is 0.113. The van der Waals surface area contributed by atoms with Crippen LogP contribution in [0.25, 0.3) is 56.1 Å². The van der Waals surface area contributed by atoms with E-state index in [-0.39, 0.29) is 6.04 Å². The zero-order valence-corrected chi connectivity index (χ0v) is 32.5. The molecule has 1 N–H and O–H groups in total. The Balaban J connectivity index is 1.21. The average Bonchev–Trinajstić information content (AvgIpc) is 3.28. The van der Waals surface area contributed by atoms with Crippen LogP contribution in [0.4, 0.5) is 0 Å². The van der Waals surface area contributed by atoms with Gasteiger partial charge in [0.05, 0.1) is 23.1 Å². The minimum atomic E-state index is -0.125. The summed E-state index contributed by atoms with van der Waals surface area (Å²) in [4.78, 5) is 14.5. The second kappa shape index (κ2) is 15.7. The summed E-state index contributed by atoms with van der Waals surface area (Å²) in [5.41, 5.74) is 15.7. The Kier molecular flexibility index (Phi) is 9.84. The highest BCUT2D eigenvalue weighted by atomic mass is 15.0. The van der Waals surface area contributed by atoms with Crippen LogP contribution in [0.15, 0.2) is 186 Å². The fourth-order valence-electron chi connectivity index (χ4n) is 8.29. The van der Waals surface area contributed by atoms with Crippen LogP contribution in [0.5, 0.6) is 0 Å². The molecule has 1 aliphatic heterocycles. The molecule has 2 heterocycles. The molecule has 4 nitrogen and oxygen atoms in total. The van der Waals surface area contributed by atoms with E-state index in [0.717, 1.165) is 62.7 Å². The van der Waals surface area contributed by atoms with Crippen LogP contribution in [-0.4, -0.2) is 23.6 Å². The number of rotatable bonds is 8. The number of fused-ring (bicyclic) bond motifs is 2. The number of nitrogens with one attached hydrogen (secondary N) is 1. The third kappa shape index (κ3) is 7.18. The number of amidine groups is 1. The Morgan fingerprint density at radius 2 is 1.44 bits per heavy atom. The summed E-state index contributed by atoms with van der Waals surface area (Å²) in [5.74, 6) is 1.25. The van der Waals surface area contributed by atoms with Gasteiger partial charge in [0.15, 0.2) is 0 Å². The van der Waals surface area contributed by atoms with Gasteiger partial charge in [-0.2, -0.15) is 0 Å². The van der Waals surface area contributed by atoms with Gasteiger partial charge >= 0.3 is 0 Å². The first kappa shape index (κ1) is 35.8. The smallest absolute Gasteiger partial charge is 0.134 e. The van der Waals surface area contributed by atoms with Crippen LogP contribution in [0.1, 0.15) is 65.6 Å². The quantitative estimate of drug-likeness (QED) is 0.158. The molecule has 6 aromatic carbocycles. The van der Waals surface area contributed by atoms with Crippen molar-refractivity contribution in [3.8, 4) is 33.5 Å². The second-order valence-electron chi connectivity index (χ2n) is 14.8. The SMILES string of the molecule is C/C=C\C(=NC)c1ccc(C2C=C(c3ccc(-c4ccccn4)cc3)N=C(c3cc(-c4cccc5c4C(C)CC=C5)cc(-c4cccc5ccccc45)c3)N2)cc1. The molecule has 2 unspecified atom stereocenters. The average molecular weight is 737 g/mol. The minimum Gasteiger partial charge on any atom is -0.359 e. The van der Waals surface area contributed by atoms with Crippen LogP contribution in [0, 0.1) is 0 Å². The van der Waals surface area contributed by atoms with Crippen LogP contribution in [0.2, 0.25) is 0 Å². The molecule has 0 saturated heterocycles. The molecule has 0 fully saturated rings. The second-order valence-corrected chi connectivity index (χ2v) is 14.8. The molecule has 4 heteroatoms. The molecule has 0 radical (unpaired) electrons. The van der Waals surface area contributed by atoms with E-state index in [1.54, 1.807) is 0 Å². The Morgan fingerprint density at radius 3 is 2.23 bits per heavy atom. The van der Waals surface area contributed by atoms with Crippen molar-refractivity contribution in [2.24, 2.45) is 9.98 Å². The zero-order valence-electron chi connectivity index (χ0n) is 32.5. The number of pyridine rings is 1. The maximum absolute atomic E-state index is 5.43. The highest BCUT2D eigenvalue weighted by Crippen LogP contribution is 2.40. The summed E-state index contributed by atoms with van der Waals surface area (Å²) < 4.78 is 0. The molecule has 1 aliphatic carbocycles. The van der Waals surface area contributed by atoms with Crippen molar-refractivity contribution in [1.82, 2.24) is 10.3 Å². The van der Waals surface area contributed by atoms with Crippen molar-refractivity contribution in [2.75, 3.05) is 7.05 Å². The van der Waals surface area contributed by atoms with Crippen molar-refractivity contribution in [3.05, 3.63) is 209 Å². The number of hydrogen-bond donors (Lipinski definition) is 1. The van der Waals surface area contributed by atoms with Gasteiger partial charge in [0.25, 0.3) is 0 Å². The maximum atomic E-state index is 5.43. The number of aliphatic imine (C=N–C) groups is 2. The summed E-state index contributed by atoms with van der Waals surface area (Å²) in [7, 11) is 1.84. The minimum absolute atomic E-state index is 0.125. The van der Waals surface area contributed by atoms with E-state index in [2.05, 4.69) is 168 Å². The molecule has 2 atom stereocenters. The topological polar surface area (TPSA) is 49.6 Å². The molecule has 7 aromatic rings. The van der Waals surface area contributed by atoms with Gasteiger partial charge in [-0.3, -0.25) is 9.98 Å². The molecule has 1 aromatic heterocycles. The summed E-state index contributed by atoms with van der Waals surface area (Å²) in [6.07, 6.45) is 13.8. The van der Waals surface area contributed by atoms with E-state index >= 15 is 0 Å². The lowest BCUT2D eigenvalue weighted by atomic mass is 9.82. The van der Waals surface area contributed by atoms with E-state index in [1.807, 2.05) is 50.5 Å². The molecule has 276 valence electrons. The highest BCUT2D eigenvalue weighted by Gasteiger charge is 2.23. The zero-order chi connectivity index (χ0) is 38.7. The Morgan fingerprint density at radius 1 is 0.719 bits per heavy atom. The first-order valence-corrected chi connectivity index (χ1v) is 19.8. The number of nitrogens with zero attached hydrogens (tertiary/aromatic N) is 3. The molecule has 0 amide bonds. The van der Waals surface area contributed by atoms with Gasteiger partial charge < -0.3 is 5.32 Å². The lowest BCUT2D eigenvalue weighted by Crippen LogP contribution is -2.31. The lowest BCUT2D eigenvalue weighted by Gasteiger charge is -2.26. The Bertz CT molecular complexity index is 2750. The van der Waals surface area contributed by atoms with Crippen molar-refractivity contribution in [3.63, 3.8) is 0 Å². The molecule has 0 saturated carbocycles. The van der Waals surface area contributed by atoms with E-state index in [0.29, 0.717) is 5.92 Å². The van der Waals surface area contributed by atoms with E-state index in [1.165, 1.54) is 38.6 Å². The molecule has 0 spiro atoms. The first-order chi connectivity index (χ1) is 28.1. The van der Waals surface area contributed by atoms with Crippen LogP contribution < -0.4 is 5.32 Å². The summed E-state index contributed by atoms with van der Waals surface area (Å²) >= 11 is 0. The predicted octanol–water partition coefficient (Wildman–Crippen LogP) is 12.9. The fourth-order valence-corrected chi connectivity index (χ4v) is 8.29. The Labute approximate surface area is 335 Å². The van der Waals surface area contributed by atoms with Crippen molar-refractivity contribution in [1.29, 1.82) is 0 Å². The first-order valence-electron chi connectivity index (χ1n) is 19.8. The normalized spacial score (nSPS) is 16.6. The van der Waals surface area contributed by atoms with Crippen molar-refractivity contribution in [2.45, 2.75) is 32.2 Å². The third-order valence-electron chi connectivity index (χ3n) is 11.2. The number of allylic oxidation sites excluding steroid dienone is 3. The lowest BCUT2D eigenvalue weighted by molar-refractivity contribution is 0.773. The Hall–Kier alpha value is -6.91. The predicted molar refractivity (Wildman–Crippen MR) is 241 cm³/mol. The largest absolute Gasteiger partial charge is 0.359 e. The van der Waals surface area contributed by atoms with Gasteiger partial charge in [-0.15, -0.1) is 0 Å². The molecule has 2 aliphatic rings. The van der Waals surface area contributed by atoms with Crippen molar-refractivity contribution < 1.29 is 0 Å². The van der Waals surface area contributed by atoms with Gasteiger partial charge in [0.2, 0.25) is 0 Å². The van der Waals surface area contributed by atoms with Crippen molar-refractivity contribution >= 4 is 34.1 Å². The van der Waals surface area contributed by atoms with E-state index in [9.17, 15) is 0 Å².